The van der Waals surface area contributed by atoms with E-state index in [4.69, 9.17) is 9.47 Å². The molecule has 0 saturated carbocycles. The molecule has 1 aromatic rings. The van der Waals surface area contributed by atoms with Crippen LogP contribution in [0.4, 0.5) is 0 Å². The molecular weight excluding hydrogens is 278 g/mol. The summed E-state index contributed by atoms with van der Waals surface area (Å²) in [5.41, 5.74) is 0.898. The molecule has 1 atom stereocenters. The molecule has 1 aromatic carbocycles. The summed E-state index contributed by atoms with van der Waals surface area (Å²) in [5.74, 6) is 0.637. The summed E-state index contributed by atoms with van der Waals surface area (Å²) in [6.07, 6.45) is 0. The Morgan fingerprint density at radius 2 is 2.20 bits per heavy atom. The van der Waals surface area contributed by atoms with E-state index in [1.807, 2.05) is 24.3 Å². The van der Waals surface area contributed by atoms with Crippen LogP contribution >= 0.6 is 11.8 Å². The number of nitrogens with zero attached hydrogens (tertiary/aromatic N) is 1. The number of para-hydroxylation sites is 1. The van der Waals surface area contributed by atoms with Gasteiger partial charge in [-0.25, -0.2) is 0 Å². The van der Waals surface area contributed by atoms with Crippen molar-refractivity contribution in [1.82, 2.24) is 4.90 Å². The van der Waals surface area contributed by atoms with E-state index in [0.717, 1.165) is 5.56 Å². The number of esters is 1. The van der Waals surface area contributed by atoms with E-state index in [1.165, 1.54) is 11.8 Å². The summed E-state index contributed by atoms with van der Waals surface area (Å²) in [5, 5.41) is -0.206. The minimum Gasteiger partial charge on any atom is -0.496 e. The van der Waals surface area contributed by atoms with Crippen molar-refractivity contribution in [2.45, 2.75) is 12.3 Å². The molecule has 5 nitrogen and oxygen atoms in total. The molecule has 0 radical (unpaired) electrons. The first kappa shape index (κ1) is 14.7. The molecule has 108 valence electrons. The summed E-state index contributed by atoms with van der Waals surface area (Å²) in [6, 6.07) is 7.53. The monoisotopic (exact) mass is 295 g/mol. The van der Waals surface area contributed by atoms with E-state index in [0.29, 0.717) is 18.1 Å². The first-order valence-electron chi connectivity index (χ1n) is 6.37. The number of methoxy groups -OCH3 is 1. The van der Waals surface area contributed by atoms with Gasteiger partial charge < -0.3 is 14.4 Å². The van der Waals surface area contributed by atoms with Crippen LogP contribution in [0.25, 0.3) is 0 Å². The van der Waals surface area contributed by atoms with Gasteiger partial charge in [-0.3, -0.25) is 9.59 Å². The Morgan fingerprint density at radius 1 is 1.45 bits per heavy atom. The van der Waals surface area contributed by atoms with Crippen molar-refractivity contribution in [3.8, 4) is 5.75 Å². The van der Waals surface area contributed by atoms with Crippen LogP contribution in [0.1, 0.15) is 17.9 Å². The fourth-order valence-corrected chi connectivity index (χ4v) is 3.31. The summed E-state index contributed by atoms with van der Waals surface area (Å²) >= 11 is 1.49. The average molecular weight is 295 g/mol. The number of ether oxygens (including phenoxy) is 2. The second-order valence-electron chi connectivity index (χ2n) is 4.23. The van der Waals surface area contributed by atoms with E-state index >= 15 is 0 Å². The largest absolute Gasteiger partial charge is 0.496 e. The third kappa shape index (κ3) is 3.07. The highest BCUT2D eigenvalue weighted by Crippen LogP contribution is 2.42. The standard InChI is InChI=1S/C14H17NO4S/c1-3-19-13(17)8-15-12(16)9-20-14(15)10-6-4-5-7-11(10)18-2/h4-7,14H,3,8-9H2,1-2H3. The van der Waals surface area contributed by atoms with Crippen molar-refractivity contribution < 1.29 is 19.1 Å². The molecule has 2 rings (SSSR count). The zero-order valence-electron chi connectivity index (χ0n) is 11.5. The summed E-state index contributed by atoms with van der Waals surface area (Å²) in [6.45, 7) is 2.03. The van der Waals surface area contributed by atoms with Crippen molar-refractivity contribution >= 4 is 23.6 Å². The Hall–Kier alpha value is -1.69. The predicted octanol–water partition coefficient (Wildman–Crippen LogP) is 1.83. The normalized spacial score (nSPS) is 18.2. The third-order valence-electron chi connectivity index (χ3n) is 2.98. The minimum absolute atomic E-state index is 0.0254. The third-order valence-corrected chi connectivity index (χ3v) is 4.22. The smallest absolute Gasteiger partial charge is 0.325 e. The first-order chi connectivity index (χ1) is 9.67. The molecule has 0 aromatic heterocycles. The van der Waals surface area contributed by atoms with E-state index in [2.05, 4.69) is 0 Å². The van der Waals surface area contributed by atoms with Gasteiger partial charge in [-0.2, -0.15) is 0 Å². The number of hydrogen-bond acceptors (Lipinski definition) is 5. The molecular formula is C14H17NO4S. The fourth-order valence-electron chi connectivity index (χ4n) is 2.10. The topological polar surface area (TPSA) is 55.8 Å². The van der Waals surface area contributed by atoms with E-state index in [9.17, 15) is 9.59 Å². The van der Waals surface area contributed by atoms with Crippen LogP contribution in [0, 0.1) is 0 Å². The number of amides is 1. The maximum Gasteiger partial charge on any atom is 0.325 e. The van der Waals surface area contributed by atoms with Crippen LogP contribution in [-0.4, -0.2) is 42.8 Å². The van der Waals surface area contributed by atoms with Gasteiger partial charge in [-0.1, -0.05) is 18.2 Å². The zero-order valence-corrected chi connectivity index (χ0v) is 12.3. The van der Waals surface area contributed by atoms with E-state index in [-0.39, 0.29) is 23.8 Å². The van der Waals surface area contributed by atoms with Crippen molar-refractivity contribution in [2.24, 2.45) is 0 Å². The Labute approximate surface area is 122 Å². The van der Waals surface area contributed by atoms with Gasteiger partial charge >= 0.3 is 5.97 Å². The average Bonchev–Trinajstić information content (AvgIpc) is 2.80. The fraction of sp³-hybridized carbons (Fsp3) is 0.429. The number of rotatable bonds is 5. The molecule has 6 heteroatoms. The zero-order chi connectivity index (χ0) is 14.5. The van der Waals surface area contributed by atoms with Crippen LogP contribution in [0.5, 0.6) is 5.75 Å². The number of thioether (sulfide) groups is 1. The van der Waals surface area contributed by atoms with Crippen LogP contribution in [0.15, 0.2) is 24.3 Å². The van der Waals surface area contributed by atoms with Crippen molar-refractivity contribution in [1.29, 1.82) is 0 Å². The Bertz CT molecular complexity index is 506. The van der Waals surface area contributed by atoms with Gasteiger partial charge in [-0.15, -0.1) is 11.8 Å². The number of carbonyl (C=O) groups is 2. The molecule has 1 fully saturated rings. The molecule has 0 bridgehead atoms. The quantitative estimate of drug-likeness (QED) is 0.776. The molecule has 1 heterocycles. The van der Waals surface area contributed by atoms with Crippen molar-refractivity contribution in [2.75, 3.05) is 26.0 Å². The molecule has 1 saturated heterocycles. The minimum atomic E-state index is -0.386. The van der Waals surface area contributed by atoms with Crippen LogP contribution in [-0.2, 0) is 14.3 Å². The number of benzene rings is 1. The van der Waals surface area contributed by atoms with Crippen LogP contribution < -0.4 is 4.74 Å². The SMILES string of the molecule is CCOC(=O)CN1C(=O)CSC1c1ccccc1OC. The summed E-state index contributed by atoms with van der Waals surface area (Å²) in [4.78, 5) is 25.1. The lowest BCUT2D eigenvalue weighted by Crippen LogP contribution is -2.34. The van der Waals surface area contributed by atoms with Gasteiger partial charge in [0.1, 0.15) is 17.7 Å². The van der Waals surface area contributed by atoms with Gasteiger partial charge in [0.05, 0.1) is 19.5 Å². The molecule has 1 amide bonds. The first-order valence-corrected chi connectivity index (χ1v) is 7.41. The summed E-state index contributed by atoms with van der Waals surface area (Å²) < 4.78 is 10.2. The highest BCUT2D eigenvalue weighted by Gasteiger charge is 2.35. The molecule has 1 aliphatic rings. The van der Waals surface area contributed by atoms with Crippen LogP contribution in [0.3, 0.4) is 0 Å². The molecule has 0 N–H and O–H groups in total. The van der Waals surface area contributed by atoms with Gasteiger partial charge in [0.2, 0.25) is 5.91 Å². The highest BCUT2D eigenvalue weighted by atomic mass is 32.2. The van der Waals surface area contributed by atoms with Crippen molar-refractivity contribution in [3.05, 3.63) is 29.8 Å². The van der Waals surface area contributed by atoms with Gasteiger partial charge in [0.15, 0.2) is 0 Å². The second kappa shape index (κ2) is 6.65. The number of hydrogen-bond donors (Lipinski definition) is 0. The van der Waals surface area contributed by atoms with Gasteiger partial charge in [0.25, 0.3) is 0 Å². The van der Waals surface area contributed by atoms with Crippen molar-refractivity contribution in [3.63, 3.8) is 0 Å². The maximum absolute atomic E-state index is 12.0. The lowest BCUT2D eigenvalue weighted by atomic mass is 10.2. The Kier molecular flexibility index (Phi) is 4.89. The van der Waals surface area contributed by atoms with Gasteiger partial charge in [-0.05, 0) is 13.0 Å². The highest BCUT2D eigenvalue weighted by molar-refractivity contribution is 8.00. The van der Waals surface area contributed by atoms with E-state index in [1.54, 1.807) is 18.9 Å². The molecule has 1 unspecified atom stereocenters. The summed E-state index contributed by atoms with van der Waals surface area (Å²) in [7, 11) is 1.59. The maximum atomic E-state index is 12.0. The van der Waals surface area contributed by atoms with E-state index < -0.39 is 0 Å². The van der Waals surface area contributed by atoms with Crippen LogP contribution in [0.2, 0.25) is 0 Å². The lowest BCUT2D eigenvalue weighted by molar-refractivity contribution is -0.148. The van der Waals surface area contributed by atoms with Gasteiger partial charge in [0, 0.05) is 5.56 Å². The molecule has 1 aliphatic heterocycles. The Balaban J connectivity index is 2.21. The second-order valence-corrected chi connectivity index (χ2v) is 5.30. The number of carbonyl (C=O) groups excluding carboxylic acids is 2. The predicted molar refractivity (Wildman–Crippen MR) is 76.5 cm³/mol. The molecule has 0 spiro atoms. The molecule has 20 heavy (non-hydrogen) atoms. The molecule has 0 aliphatic carbocycles. The Morgan fingerprint density at radius 3 is 2.90 bits per heavy atom. The lowest BCUT2D eigenvalue weighted by Gasteiger charge is -2.24.